The van der Waals surface area contributed by atoms with Gasteiger partial charge in [0.1, 0.15) is 23.9 Å². The van der Waals surface area contributed by atoms with Crippen LogP contribution in [0.1, 0.15) is 33.9 Å². The number of fused-ring (bicyclic) bond motifs is 1. The van der Waals surface area contributed by atoms with Gasteiger partial charge in [0.05, 0.1) is 24.8 Å². The molecule has 7 nitrogen and oxygen atoms in total. The van der Waals surface area contributed by atoms with E-state index in [-0.39, 0.29) is 24.5 Å². The Hall–Kier alpha value is -4.10. The lowest BCUT2D eigenvalue weighted by Gasteiger charge is -2.25. The number of aryl methyl sites for hydroxylation is 1. The van der Waals surface area contributed by atoms with E-state index in [0.717, 1.165) is 23.3 Å². The van der Waals surface area contributed by atoms with Crippen LogP contribution in [0.15, 0.2) is 72.3 Å². The van der Waals surface area contributed by atoms with Crippen molar-refractivity contribution < 1.29 is 28.9 Å². The SMILES string of the molecule is COCCN1C(=O)C(=O)/C(=C(\O)c2ccc3c(c2)CCO3)C1c1ccc(OCc2ccc(C)cc2)cc1. The number of methoxy groups -OCH3 is 1. The predicted octanol–water partition coefficient (Wildman–Crippen LogP) is 4.58. The van der Waals surface area contributed by atoms with Crippen LogP contribution in [0.2, 0.25) is 0 Å². The number of carbonyl (C=O) groups is 2. The lowest BCUT2D eigenvalue weighted by atomic mass is 9.94. The largest absolute Gasteiger partial charge is 0.507 e. The van der Waals surface area contributed by atoms with Crippen molar-refractivity contribution in [2.45, 2.75) is 26.0 Å². The maximum absolute atomic E-state index is 13.2. The number of hydrogen-bond donors (Lipinski definition) is 1. The zero-order valence-corrected chi connectivity index (χ0v) is 20.9. The number of likely N-dealkylation sites (tertiary alicyclic amines) is 1. The minimum absolute atomic E-state index is 0.0632. The van der Waals surface area contributed by atoms with E-state index in [1.165, 1.54) is 10.5 Å². The summed E-state index contributed by atoms with van der Waals surface area (Å²) in [4.78, 5) is 27.6. The van der Waals surface area contributed by atoms with Crippen LogP contribution in [0.25, 0.3) is 5.76 Å². The van der Waals surface area contributed by atoms with Gasteiger partial charge in [0, 0.05) is 25.6 Å². The lowest BCUT2D eigenvalue weighted by Crippen LogP contribution is -2.32. The number of ketones is 1. The van der Waals surface area contributed by atoms with Gasteiger partial charge in [0.25, 0.3) is 11.7 Å². The molecule has 0 bridgehead atoms. The number of ether oxygens (including phenoxy) is 3. The zero-order chi connectivity index (χ0) is 25.9. The summed E-state index contributed by atoms with van der Waals surface area (Å²) in [6.07, 6.45) is 0.728. The first kappa shape index (κ1) is 24.6. The minimum Gasteiger partial charge on any atom is -0.507 e. The third-order valence-corrected chi connectivity index (χ3v) is 6.76. The van der Waals surface area contributed by atoms with Crippen LogP contribution in [-0.4, -0.2) is 48.6 Å². The van der Waals surface area contributed by atoms with Gasteiger partial charge in [-0.1, -0.05) is 42.0 Å². The second-order valence-corrected chi connectivity index (χ2v) is 9.25. The normalized spacial score (nSPS) is 18.1. The van der Waals surface area contributed by atoms with Crippen molar-refractivity contribution in [1.82, 2.24) is 4.90 Å². The Bertz CT molecular complexity index is 1340. The number of hydrogen-bond acceptors (Lipinski definition) is 6. The molecular weight excluding hydrogens is 470 g/mol. The maximum atomic E-state index is 13.2. The molecule has 3 aromatic carbocycles. The molecular formula is C30H29NO6. The van der Waals surface area contributed by atoms with Crippen molar-refractivity contribution in [2.75, 3.05) is 26.9 Å². The molecule has 0 radical (unpaired) electrons. The van der Waals surface area contributed by atoms with E-state index in [0.29, 0.717) is 30.1 Å². The smallest absolute Gasteiger partial charge is 0.295 e. The molecule has 2 aliphatic rings. The average molecular weight is 500 g/mol. The van der Waals surface area contributed by atoms with Crippen LogP contribution in [0.4, 0.5) is 0 Å². The van der Waals surface area contributed by atoms with Crippen LogP contribution >= 0.6 is 0 Å². The van der Waals surface area contributed by atoms with Gasteiger partial charge in [-0.2, -0.15) is 0 Å². The van der Waals surface area contributed by atoms with Crippen molar-refractivity contribution in [1.29, 1.82) is 0 Å². The first-order valence-corrected chi connectivity index (χ1v) is 12.3. The van der Waals surface area contributed by atoms with Crippen LogP contribution in [0.3, 0.4) is 0 Å². The number of Topliss-reactive ketones (excluding diaryl/α,β-unsaturated/α-hetero) is 1. The van der Waals surface area contributed by atoms with E-state index in [2.05, 4.69) is 0 Å². The predicted molar refractivity (Wildman–Crippen MR) is 138 cm³/mol. The monoisotopic (exact) mass is 499 g/mol. The van der Waals surface area contributed by atoms with Crippen molar-refractivity contribution >= 4 is 17.4 Å². The Morgan fingerprint density at radius 3 is 2.54 bits per heavy atom. The number of aliphatic hydroxyl groups excluding tert-OH is 1. The summed E-state index contributed by atoms with van der Waals surface area (Å²) in [5, 5.41) is 11.3. The summed E-state index contributed by atoms with van der Waals surface area (Å²) in [7, 11) is 1.54. The highest BCUT2D eigenvalue weighted by Gasteiger charge is 2.46. The Labute approximate surface area is 215 Å². The minimum atomic E-state index is -0.745. The standard InChI is InChI=1S/C30H29NO6/c1-19-3-5-20(6-4-19)18-37-24-10-7-21(8-11-24)27-26(29(33)30(34)31(27)14-16-35-2)28(32)23-9-12-25-22(17-23)13-15-36-25/h3-12,17,27,32H,13-16,18H2,1-2H3/b28-26-. The van der Waals surface area contributed by atoms with Gasteiger partial charge in [0.15, 0.2) is 0 Å². The molecule has 190 valence electrons. The van der Waals surface area contributed by atoms with E-state index < -0.39 is 17.7 Å². The molecule has 1 amide bonds. The number of carbonyl (C=O) groups excluding carboxylic acids is 2. The molecule has 7 heteroatoms. The van der Waals surface area contributed by atoms with Gasteiger partial charge in [0.2, 0.25) is 0 Å². The van der Waals surface area contributed by atoms with E-state index in [9.17, 15) is 14.7 Å². The van der Waals surface area contributed by atoms with Crippen LogP contribution < -0.4 is 9.47 Å². The van der Waals surface area contributed by atoms with Gasteiger partial charge >= 0.3 is 0 Å². The van der Waals surface area contributed by atoms with Gasteiger partial charge < -0.3 is 24.2 Å². The molecule has 1 saturated heterocycles. The second-order valence-electron chi connectivity index (χ2n) is 9.25. The van der Waals surface area contributed by atoms with Gasteiger partial charge in [-0.3, -0.25) is 9.59 Å². The Kier molecular flexibility index (Phi) is 6.97. The van der Waals surface area contributed by atoms with E-state index in [1.54, 1.807) is 19.2 Å². The third kappa shape index (κ3) is 4.95. The summed E-state index contributed by atoms with van der Waals surface area (Å²) in [6, 6.07) is 20.0. The molecule has 0 aliphatic carbocycles. The number of rotatable bonds is 8. The first-order chi connectivity index (χ1) is 18.0. The van der Waals surface area contributed by atoms with Gasteiger partial charge in [-0.25, -0.2) is 0 Å². The van der Waals surface area contributed by atoms with Crippen molar-refractivity contribution in [3.63, 3.8) is 0 Å². The highest BCUT2D eigenvalue weighted by atomic mass is 16.5. The summed E-state index contributed by atoms with van der Waals surface area (Å²) < 4.78 is 16.7. The summed E-state index contributed by atoms with van der Waals surface area (Å²) in [5.41, 5.74) is 4.45. The van der Waals surface area contributed by atoms with Crippen LogP contribution in [0.5, 0.6) is 11.5 Å². The highest BCUT2D eigenvalue weighted by molar-refractivity contribution is 6.46. The molecule has 3 aromatic rings. The molecule has 1 fully saturated rings. The average Bonchev–Trinajstić information content (AvgIpc) is 3.49. The molecule has 2 aliphatic heterocycles. The van der Waals surface area contributed by atoms with E-state index >= 15 is 0 Å². The van der Waals surface area contributed by atoms with Gasteiger partial charge in [-0.05, 0) is 53.9 Å². The number of benzene rings is 3. The number of nitrogens with zero attached hydrogens (tertiary/aromatic N) is 1. The molecule has 1 N–H and O–H groups in total. The molecule has 37 heavy (non-hydrogen) atoms. The lowest BCUT2D eigenvalue weighted by molar-refractivity contribution is -0.140. The topological polar surface area (TPSA) is 85.3 Å². The van der Waals surface area contributed by atoms with Crippen molar-refractivity contribution in [2.24, 2.45) is 0 Å². The third-order valence-electron chi connectivity index (χ3n) is 6.76. The number of aliphatic hydroxyl groups is 1. The second kappa shape index (κ2) is 10.5. The molecule has 5 rings (SSSR count). The van der Waals surface area contributed by atoms with E-state index in [1.807, 2.05) is 61.5 Å². The molecule has 1 atom stereocenters. The fourth-order valence-electron chi connectivity index (χ4n) is 4.73. The van der Waals surface area contributed by atoms with Crippen LogP contribution in [0, 0.1) is 6.92 Å². The van der Waals surface area contributed by atoms with Crippen molar-refractivity contribution in [3.05, 3.63) is 100 Å². The van der Waals surface area contributed by atoms with Crippen molar-refractivity contribution in [3.8, 4) is 11.5 Å². The molecule has 0 aromatic heterocycles. The Balaban J connectivity index is 1.46. The molecule has 2 heterocycles. The summed E-state index contributed by atoms with van der Waals surface area (Å²) in [5.74, 6) is -0.132. The first-order valence-electron chi connectivity index (χ1n) is 12.3. The summed E-state index contributed by atoms with van der Waals surface area (Å²) >= 11 is 0. The molecule has 1 unspecified atom stereocenters. The fraction of sp³-hybridized carbons (Fsp3) is 0.267. The fourth-order valence-corrected chi connectivity index (χ4v) is 4.73. The molecule has 0 saturated carbocycles. The van der Waals surface area contributed by atoms with Crippen LogP contribution in [-0.2, 0) is 27.4 Å². The number of amides is 1. The zero-order valence-electron chi connectivity index (χ0n) is 20.9. The maximum Gasteiger partial charge on any atom is 0.295 e. The highest BCUT2D eigenvalue weighted by Crippen LogP contribution is 2.40. The van der Waals surface area contributed by atoms with E-state index in [4.69, 9.17) is 14.2 Å². The quantitative estimate of drug-likeness (QED) is 0.278. The van der Waals surface area contributed by atoms with Gasteiger partial charge in [-0.15, -0.1) is 0 Å². The molecule has 0 spiro atoms. The summed E-state index contributed by atoms with van der Waals surface area (Å²) in [6.45, 7) is 3.52. The Morgan fingerprint density at radius 1 is 1.05 bits per heavy atom. The Morgan fingerprint density at radius 2 is 1.81 bits per heavy atom.